The van der Waals surface area contributed by atoms with Crippen LogP contribution in [-0.2, 0) is 6.54 Å². The normalized spacial score (nSPS) is 11.9. The predicted molar refractivity (Wildman–Crippen MR) is 75.0 cm³/mol. The van der Waals surface area contributed by atoms with Crippen LogP contribution in [0.25, 0.3) is 0 Å². The predicted octanol–water partition coefficient (Wildman–Crippen LogP) is 0.961. The first-order chi connectivity index (χ1) is 9.65. The number of aromatic nitrogens is 2. The Labute approximate surface area is 116 Å². The minimum absolute atomic E-state index is 0.177. The van der Waals surface area contributed by atoms with Crippen LogP contribution >= 0.6 is 0 Å². The van der Waals surface area contributed by atoms with Crippen molar-refractivity contribution in [1.29, 1.82) is 0 Å². The van der Waals surface area contributed by atoms with Crippen molar-refractivity contribution in [3.05, 3.63) is 52.4 Å². The van der Waals surface area contributed by atoms with E-state index in [-0.39, 0.29) is 11.6 Å². The minimum Gasteiger partial charge on any atom is -0.493 e. The molecule has 106 valence electrons. The van der Waals surface area contributed by atoms with Gasteiger partial charge in [0.2, 0.25) is 0 Å². The maximum atomic E-state index is 11.6. The Morgan fingerprint density at radius 1 is 1.25 bits per heavy atom. The molecule has 6 heteroatoms. The molecule has 0 aliphatic carbocycles. The van der Waals surface area contributed by atoms with E-state index >= 15 is 0 Å². The van der Waals surface area contributed by atoms with Crippen LogP contribution in [0.3, 0.4) is 0 Å². The highest BCUT2D eigenvalue weighted by molar-refractivity contribution is 5.43. The number of hydrogen-bond donors (Lipinski definition) is 1. The fraction of sp³-hybridized carbons (Fsp3) is 0.286. The van der Waals surface area contributed by atoms with Gasteiger partial charge in [-0.2, -0.15) is 5.10 Å². The largest absolute Gasteiger partial charge is 0.493 e. The number of benzene rings is 1. The molecule has 6 nitrogen and oxygen atoms in total. The molecular formula is C14H17N3O3. The molecule has 2 N–H and O–H groups in total. The highest BCUT2D eigenvalue weighted by Gasteiger charge is 2.12. The molecule has 1 aromatic heterocycles. The SMILES string of the molecule is COc1ccc(C(N)Cn2ncccc2=O)cc1OC. The molecule has 2 aromatic rings. The van der Waals surface area contributed by atoms with E-state index in [4.69, 9.17) is 15.2 Å². The quantitative estimate of drug-likeness (QED) is 0.879. The van der Waals surface area contributed by atoms with Gasteiger partial charge in [0.1, 0.15) is 0 Å². The summed E-state index contributed by atoms with van der Waals surface area (Å²) >= 11 is 0. The second-order valence-corrected chi connectivity index (χ2v) is 4.26. The molecule has 0 aliphatic rings. The number of rotatable bonds is 5. The van der Waals surface area contributed by atoms with Gasteiger partial charge in [-0.25, -0.2) is 4.68 Å². The third-order valence-corrected chi connectivity index (χ3v) is 2.99. The lowest BCUT2D eigenvalue weighted by Gasteiger charge is -2.15. The molecule has 0 spiro atoms. The van der Waals surface area contributed by atoms with Crippen molar-refractivity contribution in [2.24, 2.45) is 5.73 Å². The zero-order valence-corrected chi connectivity index (χ0v) is 11.4. The molecule has 1 unspecified atom stereocenters. The monoisotopic (exact) mass is 275 g/mol. The van der Waals surface area contributed by atoms with Crippen LogP contribution in [0.15, 0.2) is 41.3 Å². The van der Waals surface area contributed by atoms with Crippen molar-refractivity contribution in [1.82, 2.24) is 9.78 Å². The molecule has 0 radical (unpaired) electrons. The van der Waals surface area contributed by atoms with Crippen molar-refractivity contribution < 1.29 is 9.47 Å². The van der Waals surface area contributed by atoms with Crippen molar-refractivity contribution in [2.75, 3.05) is 14.2 Å². The van der Waals surface area contributed by atoms with Crippen molar-refractivity contribution in [3.8, 4) is 11.5 Å². The number of nitrogens with two attached hydrogens (primary N) is 1. The molecule has 0 aliphatic heterocycles. The average molecular weight is 275 g/mol. The van der Waals surface area contributed by atoms with E-state index in [1.165, 1.54) is 10.7 Å². The van der Waals surface area contributed by atoms with Crippen LogP contribution in [0, 0.1) is 0 Å². The van der Waals surface area contributed by atoms with Crippen LogP contribution in [0.1, 0.15) is 11.6 Å². The summed E-state index contributed by atoms with van der Waals surface area (Å²) in [5.74, 6) is 1.24. The molecule has 0 fully saturated rings. The highest BCUT2D eigenvalue weighted by Crippen LogP contribution is 2.29. The lowest BCUT2D eigenvalue weighted by molar-refractivity contribution is 0.354. The first kappa shape index (κ1) is 14.1. The Kier molecular flexibility index (Phi) is 4.37. The molecule has 20 heavy (non-hydrogen) atoms. The number of hydrogen-bond acceptors (Lipinski definition) is 5. The molecule has 1 atom stereocenters. The van der Waals surface area contributed by atoms with Crippen LogP contribution in [-0.4, -0.2) is 24.0 Å². The third kappa shape index (κ3) is 2.97. The molecule has 1 heterocycles. The second-order valence-electron chi connectivity index (χ2n) is 4.26. The summed E-state index contributed by atoms with van der Waals surface area (Å²) in [5.41, 5.74) is 6.78. The van der Waals surface area contributed by atoms with Gasteiger partial charge in [0.25, 0.3) is 5.56 Å². The number of methoxy groups -OCH3 is 2. The smallest absolute Gasteiger partial charge is 0.266 e. The third-order valence-electron chi connectivity index (χ3n) is 2.99. The fourth-order valence-corrected chi connectivity index (χ4v) is 1.90. The molecule has 1 aromatic carbocycles. The highest BCUT2D eigenvalue weighted by atomic mass is 16.5. The van der Waals surface area contributed by atoms with Crippen molar-refractivity contribution >= 4 is 0 Å². The molecule has 0 amide bonds. The van der Waals surface area contributed by atoms with E-state index < -0.39 is 0 Å². The Bertz CT molecular complexity index is 640. The number of nitrogens with zero attached hydrogens (tertiary/aromatic N) is 2. The van der Waals surface area contributed by atoms with Gasteiger partial charge >= 0.3 is 0 Å². The lowest BCUT2D eigenvalue weighted by atomic mass is 10.1. The first-order valence-corrected chi connectivity index (χ1v) is 6.15. The van der Waals surface area contributed by atoms with Gasteiger partial charge < -0.3 is 15.2 Å². The molecule has 2 rings (SSSR count). The Morgan fingerprint density at radius 2 is 2.00 bits per heavy atom. The average Bonchev–Trinajstić information content (AvgIpc) is 2.48. The first-order valence-electron chi connectivity index (χ1n) is 6.15. The van der Waals surface area contributed by atoms with Crippen LogP contribution in [0.2, 0.25) is 0 Å². The molecule has 0 bridgehead atoms. The van der Waals surface area contributed by atoms with E-state index in [0.717, 1.165) is 5.56 Å². The van der Waals surface area contributed by atoms with Crippen molar-refractivity contribution in [2.45, 2.75) is 12.6 Å². The lowest BCUT2D eigenvalue weighted by Crippen LogP contribution is -2.27. The Morgan fingerprint density at radius 3 is 2.65 bits per heavy atom. The van der Waals surface area contributed by atoms with Gasteiger partial charge in [-0.15, -0.1) is 0 Å². The maximum absolute atomic E-state index is 11.6. The van der Waals surface area contributed by atoms with Gasteiger partial charge in [-0.05, 0) is 23.8 Å². The van der Waals surface area contributed by atoms with Crippen molar-refractivity contribution in [3.63, 3.8) is 0 Å². The standard InChI is InChI=1S/C14H17N3O3/c1-19-12-6-5-10(8-13(12)20-2)11(15)9-17-14(18)4-3-7-16-17/h3-8,11H,9,15H2,1-2H3. The van der Waals surface area contributed by atoms with Gasteiger partial charge in [-0.3, -0.25) is 4.79 Å². The van der Waals surface area contributed by atoms with E-state index in [9.17, 15) is 4.79 Å². The summed E-state index contributed by atoms with van der Waals surface area (Å²) in [6.07, 6.45) is 1.56. The summed E-state index contributed by atoms with van der Waals surface area (Å²) in [4.78, 5) is 11.6. The van der Waals surface area contributed by atoms with E-state index in [1.54, 1.807) is 38.6 Å². The van der Waals surface area contributed by atoms with Crippen LogP contribution < -0.4 is 20.8 Å². The van der Waals surface area contributed by atoms with Crippen LogP contribution in [0.5, 0.6) is 11.5 Å². The van der Waals surface area contributed by atoms with Gasteiger partial charge in [0.05, 0.1) is 20.8 Å². The van der Waals surface area contributed by atoms with E-state index in [0.29, 0.717) is 18.0 Å². The summed E-state index contributed by atoms with van der Waals surface area (Å²) in [6.45, 7) is 0.301. The summed E-state index contributed by atoms with van der Waals surface area (Å²) in [6, 6.07) is 8.13. The summed E-state index contributed by atoms with van der Waals surface area (Å²) in [7, 11) is 3.14. The van der Waals surface area contributed by atoms with Crippen LogP contribution in [0.4, 0.5) is 0 Å². The van der Waals surface area contributed by atoms with Gasteiger partial charge in [-0.1, -0.05) is 6.07 Å². The minimum atomic E-state index is -0.359. The molecular weight excluding hydrogens is 258 g/mol. The summed E-state index contributed by atoms with van der Waals surface area (Å²) in [5, 5.41) is 3.99. The Balaban J connectivity index is 2.23. The van der Waals surface area contributed by atoms with Gasteiger partial charge in [0.15, 0.2) is 11.5 Å². The maximum Gasteiger partial charge on any atom is 0.266 e. The van der Waals surface area contributed by atoms with E-state index in [1.807, 2.05) is 6.07 Å². The Hall–Kier alpha value is -2.34. The zero-order valence-electron chi connectivity index (χ0n) is 11.4. The fourth-order valence-electron chi connectivity index (χ4n) is 1.90. The topological polar surface area (TPSA) is 79.4 Å². The number of ether oxygens (including phenoxy) is 2. The van der Waals surface area contributed by atoms with Gasteiger partial charge in [0, 0.05) is 18.3 Å². The zero-order chi connectivity index (χ0) is 14.5. The summed E-state index contributed by atoms with van der Waals surface area (Å²) < 4.78 is 11.7. The van der Waals surface area contributed by atoms with E-state index in [2.05, 4.69) is 5.10 Å². The molecule has 0 saturated heterocycles. The second kappa shape index (κ2) is 6.21. The molecule has 0 saturated carbocycles.